The topological polar surface area (TPSA) is 29.3 Å². The molecule has 0 bridgehead atoms. The standard InChI is InChI=1S/C14H21FN2S/c1-9-7-17(8-10(2)18-9)14-12(11(3)16)5-4-6-13(14)15/h4-6,9-11H,7-8,16H2,1-3H3/t9?,10?,11-/m1/s1. The van der Waals surface area contributed by atoms with Crippen molar-refractivity contribution in [2.45, 2.75) is 37.3 Å². The van der Waals surface area contributed by atoms with Crippen LogP contribution in [0.3, 0.4) is 0 Å². The number of thioether (sulfide) groups is 1. The molecular formula is C14H21FN2S. The second-order valence-electron chi connectivity index (χ2n) is 5.13. The highest BCUT2D eigenvalue weighted by Crippen LogP contribution is 2.34. The van der Waals surface area contributed by atoms with Crippen LogP contribution in [0.2, 0.25) is 0 Å². The summed E-state index contributed by atoms with van der Waals surface area (Å²) in [5.74, 6) is -0.156. The molecule has 0 amide bonds. The summed E-state index contributed by atoms with van der Waals surface area (Å²) in [5, 5.41) is 1.04. The Hall–Kier alpha value is -0.740. The van der Waals surface area contributed by atoms with Gasteiger partial charge in [-0.15, -0.1) is 0 Å². The molecule has 1 aromatic carbocycles. The molecule has 1 fully saturated rings. The van der Waals surface area contributed by atoms with E-state index in [-0.39, 0.29) is 11.9 Å². The number of nitrogens with two attached hydrogens (primary N) is 1. The summed E-state index contributed by atoms with van der Waals surface area (Å²) < 4.78 is 14.1. The van der Waals surface area contributed by atoms with E-state index < -0.39 is 0 Å². The lowest BCUT2D eigenvalue weighted by Crippen LogP contribution is -2.41. The molecule has 1 aliphatic heterocycles. The van der Waals surface area contributed by atoms with Crippen LogP contribution < -0.4 is 10.6 Å². The van der Waals surface area contributed by atoms with Crippen LogP contribution in [0.4, 0.5) is 10.1 Å². The summed E-state index contributed by atoms with van der Waals surface area (Å²) in [5.41, 5.74) is 7.57. The van der Waals surface area contributed by atoms with E-state index in [0.29, 0.717) is 16.2 Å². The molecule has 0 aromatic heterocycles. The van der Waals surface area contributed by atoms with Crippen LogP contribution in [-0.2, 0) is 0 Å². The average molecular weight is 268 g/mol. The molecule has 3 atom stereocenters. The maximum atomic E-state index is 14.1. The van der Waals surface area contributed by atoms with Gasteiger partial charge in [-0.3, -0.25) is 0 Å². The molecule has 18 heavy (non-hydrogen) atoms. The predicted molar refractivity (Wildman–Crippen MR) is 77.7 cm³/mol. The minimum absolute atomic E-state index is 0.143. The van der Waals surface area contributed by atoms with E-state index in [9.17, 15) is 4.39 Å². The first-order chi connectivity index (χ1) is 8.49. The van der Waals surface area contributed by atoms with Gasteiger partial charge in [0.05, 0.1) is 5.69 Å². The molecule has 1 saturated heterocycles. The third-order valence-corrected chi connectivity index (χ3v) is 4.47. The van der Waals surface area contributed by atoms with Gasteiger partial charge in [0.2, 0.25) is 0 Å². The van der Waals surface area contributed by atoms with Crippen molar-refractivity contribution in [3.8, 4) is 0 Å². The highest BCUT2D eigenvalue weighted by Gasteiger charge is 2.26. The van der Waals surface area contributed by atoms with Gasteiger partial charge in [0.1, 0.15) is 5.82 Å². The van der Waals surface area contributed by atoms with Crippen molar-refractivity contribution in [2.24, 2.45) is 5.73 Å². The van der Waals surface area contributed by atoms with E-state index in [1.54, 1.807) is 6.07 Å². The second kappa shape index (κ2) is 5.49. The number of nitrogens with zero attached hydrogens (tertiary/aromatic N) is 1. The molecule has 0 radical (unpaired) electrons. The third kappa shape index (κ3) is 2.81. The van der Waals surface area contributed by atoms with Crippen LogP contribution >= 0.6 is 11.8 Å². The molecule has 4 heteroatoms. The minimum atomic E-state index is -0.156. The lowest BCUT2D eigenvalue weighted by molar-refractivity contribution is 0.604. The molecule has 0 aliphatic carbocycles. The summed E-state index contributed by atoms with van der Waals surface area (Å²) in [4.78, 5) is 2.15. The lowest BCUT2D eigenvalue weighted by Gasteiger charge is -2.37. The van der Waals surface area contributed by atoms with Gasteiger partial charge < -0.3 is 10.6 Å². The average Bonchev–Trinajstić information content (AvgIpc) is 2.26. The van der Waals surface area contributed by atoms with Crippen molar-refractivity contribution in [2.75, 3.05) is 18.0 Å². The molecule has 2 unspecified atom stereocenters. The van der Waals surface area contributed by atoms with Crippen LogP contribution in [0.1, 0.15) is 32.4 Å². The largest absolute Gasteiger partial charge is 0.367 e. The summed E-state index contributed by atoms with van der Waals surface area (Å²) in [6.45, 7) is 8.06. The van der Waals surface area contributed by atoms with Crippen molar-refractivity contribution in [1.29, 1.82) is 0 Å². The quantitative estimate of drug-likeness (QED) is 0.893. The molecule has 1 aliphatic rings. The SMILES string of the molecule is CC1CN(c2c(F)cccc2[C@@H](C)N)CC(C)S1. The van der Waals surface area contributed by atoms with Crippen molar-refractivity contribution in [3.63, 3.8) is 0 Å². The summed E-state index contributed by atoms with van der Waals surface area (Å²) in [6.07, 6.45) is 0. The summed E-state index contributed by atoms with van der Waals surface area (Å²) >= 11 is 1.96. The molecule has 1 aromatic rings. The number of hydrogen-bond acceptors (Lipinski definition) is 3. The van der Waals surface area contributed by atoms with Gasteiger partial charge >= 0.3 is 0 Å². The van der Waals surface area contributed by atoms with Crippen molar-refractivity contribution in [3.05, 3.63) is 29.6 Å². The number of halogens is 1. The van der Waals surface area contributed by atoms with Gasteiger partial charge in [0, 0.05) is 29.6 Å². The van der Waals surface area contributed by atoms with Crippen molar-refractivity contribution < 1.29 is 4.39 Å². The van der Waals surface area contributed by atoms with E-state index in [2.05, 4.69) is 18.7 Å². The van der Waals surface area contributed by atoms with Gasteiger partial charge in [0.25, 0.3) is 0 Å². The zero-order valence-corrected chi connectivity index (χ0v) is 12.0. The first kappa shape index (κ1) is 13.7. The van der Waals surface area contributed by atoms with Gasteiger partial charge in [-0.1, -0.05) is 26.0 Å². The Morgan fingerprint density at radius 2 is 1.94 bits per heavy atom. The Morgan fingerprint density at radius 1 is 1.33 bits per heavy atom. The zero-order chi connectivity index (χ0) is 13.3. The number of rotatable bonds is 2. The fraction of sp³-hybridized carbons (Fsp3) is 0.571. The van der Waals surface area contributed by atoms with Crippen molar-refractivity contribution in [1.82, 2.24) is 0 Å². The smallest absolute Gasteiger partial charge is 0.146 e. The lowest BCUT2D eigenvalue weighted by atomic mass is 10.0. The maximum absolute atomic E-state index is 14.1. The number of benzene rings is 1. The second-order valence-corrected chi connectivity index (χ2v) is 7.01. The van der Waals surface area contributed by atoms with Crippen LogP contribution in [-0.4, -0.2) is 23.6 Å². The van der Waals surface area contributed by atoms with E-state index >= 15 is 0 Å². The van der Waals surface area contributed by atoms with Gasteiger partial charge in [-0.25, -0.2) is 4.39 Å². The Bertz CT molecular complexity index is 412. The predicted octanol–water partition coefficient (Wildman–Crippen LogP) is 3.18. The third-order valence-electron chi connectivity index (χ3n) is 3.24. The van der Waals surface area contributed by atoms with Gasteiger partial charge in [-0.05, 0) is 18.6 Å². The van der Waals surface area contributed by atoms with E-state index in [0.717, 1.165) is 18.7 Å². The van der Waals surface area contributed by atoms with Crippen LogP contribution in [0.25, 0.3) is 0 Å². The normalized spacial score (nSPS) is 26.2. The highest BCUT2D eigenvalue weighted by molar-refractivity contribution is 8.00. The van der Waals surface area contributed by atoms with Crippen LogP contribution in [0, 0.1) is 5.82 Å². The number of hydrogen-bond donors (Lipinski definition) is 1. The Labute approximate surface area is 113 Å². The monoisotopic (exact) mass is 268 g/mol. The maximum Gasteiger partial charge on any atom is 0.146 e. The van der Waals surface area contributed by atoms with Crippen LogP contribution in [0.15, 0.2) is 18.2 Å². The highest BCUT2D eigenvalue weighted by atomic mass is 32.2. The van der Waals surface area contributed by atoms with Gasteiger partial charge in [0.15, 0.2) is 0 Å². The molecule has 0 saturated carbocycles. The fourth-order valence-electron chi connectivity index (χ4n) is 2.59. The molecule has 2 rings (SSSR count). The Morgan fingerprint density at radius 3 is 2.50 bits per heavy atom. The number of anilines is 1. The first-order valence-electron chi connectivity index (χ1n) is 6.43. The Balaban J connectivity index is 2.37. The molecular weight excluding hydrogens is 247 g/mol. The molecule has 1 heterocycles. The van der Waals surface area contributed by atoms with Gasteiger partial charge in [-0.2, -0.15) is 11.8 Å². The fourth-order valence-corrected chi connectivity index (χ4v) is 3.92. The van der Waals surface area contributed by atoms with E-state index in [1.165, 1.54) is 6.07 Å². The van der Waals surface area contributed by atoms with E-state index in [1.807, 2.05) is 24.8 Å². The molecule has 2 nitrogen and oxygen atoms in total. The summed E-state index contributed by atoms with van der Waals surface area (Å²) in [7, 11) is 0. The van der Waals surface area contributed by atoms with Crippen LogP contribution in [0.5, 0.6) is 0 Å². The Kier molecular flexibility index (Phi) is 4.17. The number of para-hydroxylation sites is 1. The summed E-state index contributed by atoms with van der Waals surface area (Å²) in [6, 6.07) is 5.05. The molecule has 0 spiro atoms. The van der Waals surface area contributed by atoms with Crippen molar-refractivity contribution >= 4 is 17.4 Å². The molecule has 2 N–H and O–H groups in total. The first-order valence-corrected chi connectivity index (χ1v) is 7.37. The van der Waals surface area contributed by atoms with E-state index in [4.69, 9.17) is 5.73 Å². The zero-order valence-electron chi connectivity index (χ0n) is 11.2. The minimum Gasteiger partial charge on any atom is -0.367 e. The molecule has 100 valence electrons.